The highest BCUT2D eigenvalue weighted by atomic mass is 127. The number of hydrogen-bond acceptors (Lipinski definition) is 6. The van der Waals surface area contributed by atoms with Crippen LogP contribution in [0.4, 0.5) is 0 Å². The summed E-state index contributed by atoms with van der Waals surface area (Å²) in [6, 6.07) is 0.529. The molecule has 0 heterocycles. The van der Waals surface area contributed by atoms with Crippen molar-refractivity contribution < 1.29 is 23.7 Å². The summed E-state index contributed by atoms with van der Waals surface area (Å²) in [7, 11) is 0. The summed E-state index contributed by atoms with van der Waals surface area (Å²) >= 11 is 4.38. The van der Waals surface area contributed by atoms with Gasteiger partial charge in [0.2, 0.25) is 5.91 Å². The molecule has 7 nitrogen and oxygen atoms in total. The summed E-state index contributed by atoms with van der Waals surface area (Å²) < 4.78 is 25.9. The number of halogens is 2. The molecule has 0 unspecified atom stereocenters. The number of carbonyl (C=O) groups excluding carboxylic acids is 1. The van der Waals surface area contributed by atoms with E-state index in [1.165, 1.54) is 0 Å². The second kappa shape index (κ2) is 18.7. The van der Waals surface area contributed by atoms with Crippen LogP contribution in [0.5, 0.6) is 0 Å². The molecule has 27 heavy (non-hydrogen) atoms. The number of carbonyl (C=O) groups is 1. The molecule has 0 aromatic heterocycles. The van der Waals surface area contributed by atoms with Crippen LogP contribution < -0.4 is 0 Å². The van der Waals surface area contributed by atoms with Crippen molar-refractivity contribution in [3.8, 4) is 0 Å². The van der Waals surface area contributed by atoms with Crippen LogP contribution in [0.1, 0.15) is 34.1 Å². The van der Waals surface area contributed by atoms with Crippen LogP contribution in [0.3, 0.4) is 0 Å². The fraction of sp³-hybridized carbons (Fsp3) is 0.944. The van der Waals surface area contributed by atoms with Gasteiger partial charge in [-0.2, -0.15) is 0 Å². The van der Waals surface area contributed by atoms with Crippen LogP contribution in [0, 0.1) is 5.92 Å². The van der Waals surface area contributed by atoms with Gasteiger partial charge in [-0.15, -0.1) is 0 Å². The van der Waals surface area contributed by atoms with Gasteiger partial charge in [-0.3, -0.25) is 7.91 Å². The molecule has 9 heteroatoms. The molecule has 0 aromatic rings. The Bertz CT molecular complexity index is 363. The smallest absolute Gasteiger partial charge is 0.233 e. The Kier molecular flexibility index (Phi) is 19.2. The molecule has 0 saturated heterocycles. The third-order valence-corrected chi connectivity index (χ3v) is 6.06. The van der Waals surface area contributed by atoms with Gasteiger partial charge in [0.05, 0.1) is 69.1 Å². The van der Waals surface area contributed by atoms with Crippen molar-refractivity contribution in [2.75, 3.05) is 65.9 Å². The van der Waals surface area contributed by atoms with Gasteiger partial charge in [0, 0.05) is 54.5 Å². The molecule has 0 saturated carbocycles. The number of nitrogens with zero attached hydrogens (tertiary/aromatic N) is 2. The molecular weight excluding hydrogens is 578 g/mol. The molecule has 0 aliphatic rings. The van der Waals surface area contributed by atoms with Crippen LogP contribution >= 0.6 is 45.7 Å². The number of amides is 1. The van der Waals surface area contributed by atoms with Crippen molar-refractivity contribution in [2.24, 2.45) is 5.92 Å². The highest BCUT2D eigenvalue weighted by Crippen LogP contribution is 2.08. The van der Waals surface area contributed by atoms with Crippen molar-refractivity contribution in [1.82, 2.24) is 6.23 Å². The molecule has 0 aliphatic carbocycles. The molecule has 162 valence electrons. The first-order valence-corrected chi connectivity index (χ1v) is 11.5. The molecule has 0 atom stereocenters. The van der Waals surface area contributed by atoms with E-state index in [0.29, 0.717) is 58.8 Å². The highest BCUT2D eigenvalue weighted by molar-refractivity contribution is 14.1. The van der Waals surface area contributed by atoms with Crippen LogP contribution in [0.25, 0.3) is 0 Å². The second-order valence-corrected chi connectivity index (χ2v) is 9.00. The van der Waals surface area contributed by atoms with Gasteiger partial charge in [0.25, 0.3) is 0 Å². The van der Waals surface area contributed by atoms with E-state index in [2.05, 4.69) is 62.7 Å². The SMILES string of the molecule is CC(C)C(=O)N(I)CCCOCCOCCOCCOCCN(I)C(C)C. The maximum Gasteiger partial charge on any atom is 0.233 e. The molecular formula is C18H36I2N2O5. The van der Waals surface area contributed by atoms with Gasteiger partial charge in [0.15, 0.2) is 0 Å². The summed E-state index contributed by atoms with van der Waals surface area (Å²) in [6.07, 6.45) is 0.830. The maximum atomic E-state index is 11.7. The predicted molar refractivity (Wildman–Crippen MR) is 124 cm³/mol. The van der Waals surface area contributed by atoms with Crippen molar-refractivity contribution >= 4 is 51.6 Å². The topological polar surface area (TPSA) is 60.5 Å². The first-order chi connectivity index (χ1) is 12.9. The maximum absolute atomic E-state index is 11.7. The van der Waals surface area contributed by atoms with E-state index in [9.17, 15) is 4.79 Å². The van der Waals surface area contributed by atoms with E-state index in [4.69, 9.17) is 18.9 Å². The minimum atomic E-state index is 0.0382. The largest absolute Gasteiger partial charge is 0.379 e. The Balaban J connectivity index is 3.22. The summed E-state index contributed by atoms with van der Waals surface area (Å²) in [4.78, 5) is 11.7. The average Bonchev–Trinajstić information content (AvgIpc) is 2.63. The molecule has 1 amide bonds. The van der Waals surface area contributed by atoms with Crippen LogP contribution in [-0.4, -0.2) is 84.1 Å². The molecule has 0 fully saturated rings. The molecule has 0 aromatic carbocycles. The highest BCUT2D eigenvalue weighted by Gasteiger charge is 2.13. The second-order valence-electron chi connectivity index (χ2n) is 6.60. The van der Waals surface area contributed by atoms with Crippen LogP contribution in [0.2, 0.25) is 0 Å². The number of ether oxygens (including phenoxy) is 4. The lowest BCUT2D eigenvalue weighted by Gasteiger charge is -2.18. The quantitative estimate of drug-likeness (QED) is 0.134. The van der Waals surface area contributed by atoms with Crippen molar-refractivity contribution in [2.45, 2.75) is 40.2 Å². The van der Waals surface area contributed by atoms with E-state index >= 15 is 0 Å². The molecule has 0 aliphatic heterocycles. The van der Waals surface area contributed by atoms with E-state index < -0.39 is 0 Å². The Morgan fingerprint density at radius 2 is 1.19 bits per heavy atom. The minimum absolute atomic E-state index is 0.0382. The van der Waals surface area contributed by atoms with E-state index in [1.54, 1.807) is 3.11 Å². The molecule has 0 rings (SSSR count). The number of rotatable bonds is 18. The zero-order valence-corrected chi connectivity index (χ0v) is 21.4. The Hall–Kier alpha value is 0.730. The first kappa shape index (κ1) is 27.7. The number of hydrogen-bond donors (Lipinski definition) is 0. The summed E-state index contributed by atoms with van der Waals surface area (Å²) in [6.45, 7) is 14.6. The van der Waals surface area contributed by atoms with E-state index in [-0.39, 0.29) is 11.8 Å². The van der Waals surface area contributed by atoms with Gasteiger partial charge in [-0.1, -0.05) is 13.8 Å². The molecule has 0 radical (unpaired) electrons. The predicted octanol–water partition coefficient (Wildman–Crippen LogP) is 3.34. The van der Waals surface area contributed by atoms with Gasteiger partial charge < -0.3 is 18.9 Å². The molecule has 0 bridgehead atoms. The molecule has 0 N–H and O–H groups in total. The van der Waals surface area contributed by atoms with Crippen LogP contribution in [-0.2, 0) is 23.7 Å². The summed E-state index contributed by atoms with van der Waals surface area (Å²) in [5.74, 6) is 0.197. The summed E-state index contributed by atoms with van der Waals surface area (Å²) in [5.41, 5.74) is 0. The lowest BCUT2D eigenvalue weighted by Crippen LogP contribution is -2.26. The van der Waals surface area contributed by atoms with Gasteiger partial charge in [-0.25, -0.2) is 3.11 Å². The van der Waals surface area contributed by atoms with E-state index in [1.807, 2.05) is 13.8 Å². The van der Waals surface area contributed by atoms with Crippen molar-refractivity contribution in [3.63, 3.8) is 0 Å². The third-order valence-electron chi connectivity index (χ3n) is 3.50. The average molecular weight is 614 g/mol. The van der Waals surface area contributed by atoms with Gasteiger partial charge in [-0.05, 0) is 20.3 Å². The van der Waals surface area contributed by atoms with Crippen LogP contribution in [0.15, 0.2) is 0 Å². The normalized spacial score (nSPS) is 11.7. The monoisotopic (exact) mass is 614 g/mol. The van der Waals surface area contributed by atoms with Gasteiger partial charge >= 0.3 is 0 Å². The Labute approximate surface area is 192 Å². The Morgan fingerprint density at radius 3 is 1.63 bits per heavy atom. The fourth-order valence-electron chi connectivity index (χ4n) is 1.87. The fourth-order valence-corrected chi connectivity index (χ4v) is 2.96. The minimum Gasteiger partial charge on any atom is -0.379 e. The Morgan fingerprint density at radius 1 is 0.741 bits per heavy atom. The summed E-state index contributed by atoms with van der Waals surface area (Å²) in [5, 5.41) is 0. The lowest BCUT2D eigenvalue weighted by atomic mass is 10.2. The standard InChI is InChI=1S/C18H36I2N2O5/c1-16(2)18(23)22(20)6-5-8-24-10-12-26-14-15-27-13-11-25-9-7-21(19)17(3)4/h16-17H,5-15H2,1-4H3. The lowest BCUT2D eigenvalue weighted by molar-refractivity contribution is -0.128. The van der Waals surface area contributed by atoms with Crippen molar-refractivity contribution in [3.05, 3.63) is 0 Å². The zero-order valence-electron chi connectivity index (χ0n) is 17.1. The van der Waals surface area contributed by atoms with Gasteiger partial charge in [0.1, 0.15) is 0 Å². The zero-order chi connectivity index (χ0) is 20.5. The van der Waals surface area contributed by atoms with Crippen molar-refractivity contribution in [1.29, 1.82) is 0 Å². The van der Waals surface area contributed by atoms with E-state index in [0.717, 1.165) is 19.6 Å². The third kappa shape index (κ3) is 17.3. The molecule has 0 spiro atoms. The first-order valence-electron chi connectivity index (χ1n) is 9.56.